The Labute approximate surface area is 208 Å². The zero-order valence-corrected chi connectivity index (χ0v) is 19.8. The lowest BCUT2D eigenvalue weighted by Crippen LogP contribution is -2.36. The highest BCUT2D eigenvalue weighted by atomic mass is 32.2. The number of imide groups is 1. The van der Waals surface area contributed by atoms with Gasteiger partial charge < -0.3 is 19.5 Å². The summed E-state index contributed by atoms with van der Waals surface area (Å²) in [5, 5.41) is 1.55. The molecule has 8 nitrogen and oxygen atoms in total. The van der Waals surface area contributed by atoms with Gasteiger partial charge in [0.25, 0.3) is 11.1 Å². The quantitative estimate of drug-likeness (QED) is 0.407. The van der Waals surface area contributed by atoms with E-state index >= 15 is 0 Å². The van der Waals surface area contributed by atoms with Crippen molar-refractivity contribution < 1.29 is 41.8 Å². The molecular formula is C24H19F3N2O6S. The number of alkyl halides is 3. The van der Waals surface area contributed by atoms with Crippen LogP contribution in [0.15, 0.2) is 41.3 Å². The lowest BCUT2D eigenvalue weighted by Gasteiger charge is -2.16. The largest absolute Gasteiger partial charge is 0.495 e. The van der Waals surface area contributed by atoms with Crippen LogP contribution in [0.5, 0.6) is 17.2 Å². The average molecular weight is 520 g/mol. The highest BCUT2D eigenvalue weighted by Crippen LogP contribution is 2.36. The Bertz CT molecular complexity index is 1270. The molecule has 2 aromatic carbocycles. The smallest absolute Gasteiger partial charge is 0.416 e. The minimum absolute atomic E-state index is 0.0194. The summed E-state index contributed by atoms with van der Waals surface area (Å²) in [6, 6.07) is 7.34. The molecule has 0 atom stereocenters. The van der Waals surface area contributed by atoms with Crippen LogP contribution in [-0.2, 0) is 15.8 Å². The van der Waals surface area contributed by atoms with Gasteiger partial charge in [-0.05, 0) is 53.7 Å². The maximum Gasteiger partial charge on any atom is 0.416 e. The Morgan fingerprint density at radius 2 is 1.81 bits per heavy atom. The van der Waals surface area contributed by atoms with E-state index in [1.807, 2.05) is 0 Å². The summed E-state index contributed by atoms with van der Waals surface area (Å²) in [5.41, 5.74) is -0.735. The number of hydrogen-bond acceptors (Lipinski definition) is 7. The highest BCUT2D eigenvalue weighted by Gasteiger charge is 2.37. The maximum atomic E-state index is 13.0. The maximum absolute atomic E-state index is 13.0. The molecule has 0 bridgehead atoms. The molecule has 1 saturated heterocycles. The molecule has 0 spiro atoms. The number of nitrogens with zero attached hydrogens (tertiary/aromatic N) is 1. The van der Waals surface area contributed by atoms with E-state index in [1.54, 1.807) is 18.2 Å². The second kappa shape index (κ2) is 11.1. The van der Waals surface area contributed by atoms with Gasteiger partial charge in [-0.2, -0.15) is 13.2 Å². The number of carbonyl (C=O) groups is 3. The fourth-order valence-electron chi connectivity index (χ4n) is 3.12. The number of anilines is 1. The molecule has 1 aliphatic rings. The molecule has 1 fully saturated rings. The van der Waals surface area contributed by atoms with Crippen molar-refractivity contribution >= 4 is 40.6 Å². The summed E-state index contributed by atoms with van der Waals surface area (Å²) in [5.74, 6) is 1.44. The summed E-state index contributed by atoms with van der Waals surface area (Å²) in [6.07, 6.45) is 1.98. The van der Waals surface area contributed by atoms with E-state index < -0.39 is 35.3 Å². The van der Waals surface area contributed by atoms with Crippen molar-refractivity contribution in [1.82, 2.24) is 4.90 Å². The number of terminal acetylenes is 1. The Balaban J connectivity index is 1.75. The third kappa shape index (κ3) is 6.11. The van der Waals surface area contributed by atoms with Crippen LogP contribution in [0.25, 0.3) is 6.08 Å². The molecular weight excluding hydrogens is 501 g/mol. The Kier molecular flexibility index (Phi) is 8.16. The van der Waals surface area contributed by atoms with Gasteiger partial charge in [0.15, 0.2) is 11.5 Å². The monoisotopic (exact) mass is 520 g/mol. The highest BCUT2D eigenvalue weighted by molar-refractivity contribution is 8.18. The molecule has 188 valence electrons. The Hall–Kier alpha value is -4.11. The number of rotatable bonds is 8. The number of benzene rings is 2. The molecule has 1 N–H and O–H groups in total. The zero-order valence-electron chi connectivity index (χ0n) is 19.0. The first-order valence-corrected chi connectivity index (χ1v) is 10.9. The van der Waals surface area contributed by atoms with Gasteiger partial charge in [-0.3, -0.25) is 19.3 Å². The lowest BCUT2D eigenvalue weighted by molar-refractivity contribution is -0.137. The van der Waals surface area contributed by atoms with E-state index in [9.17, 15) is 27.6 Å². The first-order chi connectivity index (χ1) is 17.1. The van der Waals surface area contributed by atoms with Crippen molar-refractivity contribution in [3.63, 3.8) is 0 Å². The summed E-state index contributed by atoms with van der Waals surface area (Å²) in [4.78, 5) is 38.4. The van der Waals surface area contributed by atoms with E-state index in [2.05, 4.69) is 11.2 Å². The minimum Gasteiger partial charge on any atom is -0.495 e. The number of ether oxygens (including phenoxy) is 3. The van der Waals surface area contributed by atoms with Crippen LogP contribution in [0.3, 0.4) is 0 Å². The van der Waals surface area contributed by atoms with Crippen LogP contribution in [0, 0.1) is 12.3 Å². The predicted octanol–water partition coefficient (Wildman–Crippen LogP) is 4.41. The fraction of sp³-hybridized carbons (Fsp3) is 0.208. The molecule has 0 saturated carbocycles. The van der Waals surface area contributed by atoms with Gasteiger partial charge in [-0.15, -0.1) is 6.42 Å². The zero-order chi connectivity index (χ0) is 26.5. The van der Waals surface area contributed by atoms with Gasteiger partial charge in [0, 0.05) is 0 Å². The Morgan fingerprint density at radius 3 is 2.44 bits per heavy atom. The van der Waals surface area contributed by atoms with Crippen LogP contribution >= 0.6 is 11.8 Å². The number of nitrogens with one attached hydrogen (secondary N) is 1. The van der Waals surface area contributed by atoms with Crippen LogP contribution in [0.4, 0.5) is 23.7 Å². The van der Waals surface area contributed by atoms with Crippen molar-refractivity contribution in [2.75, 3.05) is 32.7 Å². The summed E-state index contributed by atoms with van der Waals surface area (Å²) in [6.45, 7) is -0.674. The van der Waals surface area contributed by atoms with Crippen molar-refractivity contribution in [1.29, 1.82) is 0 Å². The first kappa shape index (κ1) is 26.5. The van der Waals surface area contributed by atoms with Gasteiger partial charge in [0.05, 0.1) is 30.4 Å². The molecule has 1 aliphatic heterocycles. The molecule has 0 aliphatic carbocycles. The van der Waals surface area contributed by atoms with E-state index in [1.165, 1.54) is 20.3 Å². The third-order valence-corrected chi connectivity index (χ3v) is 5.68. The van der Waals surface area contributed by atoms with Gasteiger partial charge in [0.2, 0.25) is 5.91 Å². The van der Waals surface area contributed by atoms with E-state index in [0.29, 0.717) is 39.8 Å². The molecule has 36 heavy (non-hydrogen) atoms. The van der Waals surface area contributed by atoms with E-state index in [-0.39, 0.29) is 22.9 Å². The van der Waals surface area contributed by atoms with Gasteiger partial charge in [-0.1, -0.05) is 12.0 Å². The van der Waals surface area contributed by atoms with Crippen molar-refractivity contribution in [2.24, 2.45) is 0 Å². The number of hydrogen-bond donors (Lipinski definition) is 1. The lowest BCUT2D eigenvalue weighted by atomic mass is 10.1. The van der Waals surface area contributed by atoms with Crippen LogP contribution in [0.2, 0.25) is 0 Å². The summed E-state index contributed by atoms with van der Waals surface area (Å²) >= 11 is 0.616. The molecule has 3 rings (SSSR count). The number of halogens is 3. The summed E-state index contributed by atoms with van der Waals surface area (Å²) in [7, 11) is 2.65. The van der Waals surface area contributed by atoms with Crippen LogP contribution < -0.4 is 19.5 Å². The molecule has 12 heteroatoms. The SMILES string of the molecule is C#CCOc1ccc(/C=C2\SC(=O)N(CC(=O)Nc3cc(C(F)(F)F)ccc3OC)C2=O)cc1OC. The fourth-order valence-corrected chi connectivity index (χ4v) is 3.95. The van der Waals surface area contributed by atoms with E-state index in [4.69, 9.17) is 20.6 Å². The minimum atomic E-state index is -4.64. The van der Waals surface area contributed by atoms with Crippen molar-refractivity contribution in [3.8, 4) is 29.6 Å². The van der Waals surface area contributed by atoms with Crippen LogP contribution in [-0.4, -0.2) is 49.3 Å². The molecule has 1 heterocycles. The van der Waals surface area contributed by atoms with Gasteiger partial charge >= 0.3 is 6.18 Å². The second-order valence-electron chi connectivity index (χ2n) is 7.13. The number of methoxy groups -OCH3 is 2. The van der Waals surface area contributed by atoms with Gasteiger partial charge in [-0.25, -0.2) is 0 Å². The molecule has 0 aromatic heterocycles. The third-order valence-electron chi connectivity index (χ3n) is 4.77. The standard InChI is InChI=1S/C24H19F3N2O6S/c1-4-9-35-18-7-5-14(10-19(18)34-3)11-20-22(31)29(23(32)36-20)13-21(30)28-16-12-15(24(25,26)27)6-8-17(16)33-2/h1,5-8,10-12H,9,13H2,2-3H3,(H,28,30)/b20-11-. The molecule has 3 amide bonds. The first-order valence-electron chi connectivity index (χ1n) is 10.1. The molecule has 0 radical (unpaired) electrons. The predicted molar refractivity (Wildman–Crippen MR) is 127 cm³/mol. The number of thioether (sulfide) groups is 1. The number of amides is 3. The van der Waals surface area contributed by atoms with E-state index in [0.717, 1.165) is 12.1 Å². The Morgan fingerprint density at radius 1 is 1.11 bits per heavy atom. The average Bonchev–Trinajstić information content (AvgIpc) is 3.09. The normalized spacial score (nSPS) is 14.6. The second-order valence-corrected chi connectivity index (χ2v) is 8.13. The summed E-state index contributed by atoms with van der Waals surface area (Å²) < 4.78 is 54.7. The molecule has 2 aromatic rings. The number of carbonyl (C=O) groups excluding carboxylic acids is 3. The molecule has 0 unspecified atom stereocenters. The van der Waals surface area contributed by atoms with Crippen molar-refractivity contribution in [3.05, 3.63) is 52.4 Å². The van der Waals surface area contributed by atoms with Gasteiger partial charge in [0.1, 0.15) is 18.9 Å². The van der Waals surface area contributed by atoms with Crippen LogP contribution in [0.1, 0.15) is 11.1 Å². The van der Waals surface area contributed by atoms with Crippen molar-refractivity contribution in [2.45, 2.75) is 6.18 Å². The topological polar surface area (TPSA) is 94.2 Å².